The molecule has 0 fully saturated rings. The predicted molar refractivity (Wildman–Crippen MR) is 87.7 cm³/mol. The van der Waals surface area contributed by atoms with E-state index in [1.54, 1.807) is 23.9 Å². The van der Waals surface area contributed by atoms with Gasteiger partial charge in [0.1, 0.15) is 11.5 Å². The number of carbonyl (C=O) groups excluding carboxylic acids is 1. The number of furan rings is 2. The molecule has 0 aliphatic rings. The monoisotopic (exact) mass is 330 g/mol. The van der Waals surface area contributed by atoms with Crippen LogP contribution in [-0.4, -0.2) is 17.4 Å². The Morgan fingerprint density at radius 2 is 1.74 bits per heavy atom. The van der Waals surface area contributed by atoms with Gasteiger partial charge in [0, 0.05) is 4.88 Å². The second-order valence-electron chi connectivity index (χ2n) is 5.16. The van der Waals surface area contributed by atoms with E-state index in [4.69, 9.17) is 8.83 Å². The Morgan fingerprint density at radius 1 is 1.04 bits per heavy atom. The molecule has 3 heterocycles. The van der Waals surface area contributed by atoms with Crippen molar-refractivity contribution in [2.75, 3.05) is 6.54 Å². The number of hydrogen-bond donors (Lipinski definition) is 1. The van der Waals surface area contributed by atoms with E-state index in [1.165, 1.54) is 0 Å². The molecule has 0 aliphatic carbocycles. The highest BCUT2D eigenvalue weighted by molar-refractivity contribution is 7.09. The minimum Gasteiger partial charge on any atom is -0.468 e. The van der Waals surface area contributed by atoms with Gasteiger partial charge in [-0.3, -0.25) is 9.69 Å². The quantitative estimate of drug-likeness (QED) is 0.689. The van der Waals surface area contributed by atoms with E-state index in [0.717, 1.165) is 16.4 Å². The number of carbonyl (C=O) groups is 1. The average Bonchev–Trinajstić information content (AvgIpc) is 3.29. The van der Waals surface area contributed by atoms with Gasteiger partial charge in [0.2, 0.25) is 5.91 Å². The zero-order valence-electron chi connectivity index (χ0n) is 12.6. The van der Waals surface area contributed by atoms with Crippen LogP contribution in [0.2, 0.25) is 0 Å². The Morgan fingerprint density at radius 3 is 2.26 bits per heavy atom. The topological polar surface area (TPSA) is 58.6 Å². The van der Waals surface area contributed by atoms with Gasteiger partial charge in [-0.1, -0.05) is 6.07 Å². The molecule has 0 unspecified atom stereocenters. The van der Waals surface area contributed by atoms with Crippen molar-refractivity contribution in [3.63, 3.8) is 0 Å². The second kappa shape index (κ2) is 7.80. The minimum absolute atomic E-state index is 0.0171. The number of nitrogens with zero attached hydrogens (tertiary/aromatic N) is 1. The number of rotatable bonds is 8. The van der Waals surface area contributed by atoms with Gasteiger partial charge in [0.15, 0.2) is 0 Å². The first kappa shape index (κ1) is 15.6. The van der Waals surface area contributed by atoms with E-state index in [-0.39, 0.29) is 12.5 Å². The van der Waals surface area contributed by atoms with E-state index in [1.807, 2.05) is 46.7 Å². The highest BCUT2D eigenvalue weighted by atomic mass is 32.1. The van der Waals surface area contributed by atoms with Gasteiger partial charge in [-0.2, -0.15) is 0 Å². The lowest BCUT2D eigenvalue weighted by molar-refractivity contribution is -0.122. The SMILES string of the molecule is O=C(CN(Cc1ccco1)Cc1ccco1)NCc1cccs1. The summed E-state index contributed by atoms with van der Waals surface area (Å²) in [6, 6.07) is 11.5. The third-order valence-corrected chi connectivity index (χ3v) is 4.20. The maximum absolute atomic E-state index is 12.2. The summed E-state index contributed by atoms with van der Waals surface area (Å²) in [5.74, 6) is 1.63. The number of thiophene rings is 1. The molecule has 6 heteroatoms. The van der Waals surface area contributed by atoms with Crippen molar-refractivity contribution in [1.29, 1.82) is 0 Å². The van der Waals surface area contributed by atoms with E-state index in [9.17, 15) is 4.79 Å². The third kappa shape index (κ3) is 4.84. The summed E-state index contributed by atoms with van der Waals surface area (Å²) in [7, 11) is 0. The van der Waals surface area contributed by atoms with E-state index >= 15 is 0 Å². The fraction of sp³-hybridized carbons (Fsp3) is 0.235. The zero-order valence-corrected chi connectivity index (χ0v) is 13.4. The summed E-state index contributed by atoms with van der Waals surface area (Å²) in [6.07, 6.45) is 3.27. The molecular formula is C17H18N2O3S. The summed E-state index contributed by atoms with van der Waals surface area (Å²) in [5.41, 5.74) is 0. The lowest BCUT2D eigenvalue weighted by Gasteiger charge is -2.19. The molecule has 3 aromatic rings. The van der Waals surface area contributed by atoms with E-state index in [2.05, 4.69) is 5.32 Å². The lowest BCUT2D eigenvalue weighted by Crippen LogP contribution is -2.36. The number of amides is 1. The largest absolute Gasteiger partial charge is 0.468 e. The van der Waals surface area contributed by atoms with Gasteiger partial charge in [-0.15, -0.1) is 11.3 Å². The normalized spacial score (nSPS) is 11.0. The molecule has 0 saturated heterocycles. The fourth-order valence-electron chi connectivity index (χ4n) is 2.27. The molecule has 1 amide bonds. The van der Waals surface area contributed by atoms with Crippen molar-refractivity contribution >= 4 is 17.2 Å². The van der Waals surface area contributed by atoms with Gasteiger partial charge in [-0.05, 0) is 35.7 Å². The van der Waals surface area contributed by atoms with Crippen molar-refractivity contribution < 1.29 is 13.6 Å². The first-order valence-corrected chi connectivity index (χ1v) is 8.24. The number of nitrogens with one attached hydrogen (secondary N) is 1. The Bertz CT molecular complexity index is 654. The molecule has 1 N–H and O–H groups in total. The van der Waals surface area contributed by atoms with Crippen LogP contribution in [0.5, 0.6) is 0 Å². The minimum atomic E-state index is -0.0171. The molecule has 3 rings (SSSR count). The molecule has 0 atom stereocenters. The first-order chi connectivity index (χ1) is 11.3. The predicted octanol–water partition coefficient (Wildman–Crippen LogP) is 3.25. The van der Waals surface area contributed by atoms with Crippen molar-refractivity contribution in [1.82, 2.24) is 10.2 Å². The van der Waals surface area contributed by atoms with Crippen molar-refractivity contribution in [3.05, 3.63) is 70.7 Å². The van der Waals surface area contributed by atoms with Crippen LogP contribution in [0.1, 0.15) is 16.4 Å². The Labute approximate surface area is 138 Å². The van der Waals surface area contributed by atoms with Gasteiger partial charge < -0.3 is 14.2 Å². The molecule has 0 aliphatic heterocycles. The Kier molecular flexibility index (Phi) is 5.29. The van der Waals surface area contributed by atoms with Crippen LogP contribution in [0.25, 0.3) is 0 Å². The van der Waals surface area contributed by atoms with E-state index in [0.29, 0.717) is 19.6 Å². The van der Waals surface area contributed by atoms with Crippen LogP contribution >= 0.6 is 11.3 Å². The molecular weight excluding hydrogens is 312 g/mol. The zero-order chi connectivity index (χ0) is 15.9. The summed E-state index contributed by atoms with van der Waals surface area (Å²) in [6.45, 7) is 1.96. The van der Waals surface area contributed by atoms with Crippen LogP contribution in [0.4, 0.5) is 0 Å². The van der Waals surface area contributed by atoms with Crippen LogP contribution in [0, 0.1) is 0 Å². The molecule has 0 spiro atoms. The molecule has 3 aromatic heterocycles. The summed E-state index contributed by atoms with van der Waals surface area (Å²) in [5, 5.41) is 4.94. The highest BCUT2D eigenvalue weighted by Crippen LogP contribution is 2.11. The van der Waals surface area contributed by atoms with Gasteiger partial charge >= 0.3 is 0 Å². The average molecular weight is 330 g/mol. The Hall–Kier alpha value is -2.31. The van der Waals surface area contributed by atoms with Crippen LogP contribution in [0.15, 0.2) is 63.1 Å². The first-order valence-electron chi connectivity index (χ1n) is 7.36. The molecule has 23 heavy (non-hydrogen) atoms. The lowest BCUT2D eigenvalue weighted by atomic mass is 10.3. The van der Waals surface area contributed by atoms with E-state index < -0.39 is 0 Å². The standard InChI is InChI=1S/C17H18N2O3S/c20-17(18-10-16-6-3-9-23-16)13-19(11-14-4-1-7-21-14)12-15-5-2-8-22-15/h1-9H,10-13H2,(H,18,20). The van der Waals surface area contributed by atoms with Crippen LogP contribution in [-0.2, 0) is 24.4 Å². The summed E-state index contributed by atoms with van der Waals surface area (Å²) < 4.78 is 10.8. The van der Waals surface area contributed by atoms with Gasteiger partial charge in [0.05, 0.1) is 38.7 Å². The van der Waals surface area contributed by atoms with Crippen molar-refractivity contribution in [2.45, 2.75) is 19.6 Å². The molecule has 120 valence electrons. The molecule has 0 radical (unpaired) electrons. The van der Waals surface area contributed by atoms with Gasteiger partial charge in [0.25, 0.3) is 0 Å². The van der Waals surface area contributed by atoms with Crippen molar-refractivity contribution in [3.8, 4) is 0 Å². The maximum Gasteiger partial charge on any atom is 0.234 e. The van der Waals surface area contributed by atoms with Crippen molar-refractivity contribution in [2.24, 2.45) is 0 Å². The van der Waals surface area contributed by atoms with Crippen LogP contribution < -0.4 is 5.32 Å². The molecule has 0 saturated carbocycles. The highest BCUT2D eigenvalue weighted by Gasteiger charge is 2.14. The third-order valence-electron chi connectivity index (χ3n) is 3.33. The fourth-order valence-corrected chi connectivity index (χ4v) is 2.92. The van der Waals surface area contributed by atoms with Gasteiger partial charge in [-0.25, -0.2) is 0 Å². The summed E-state index contributed by atoms with van der Waals surface area (Å²) in [4.78, 5) is 15.3. The van der Waals surface area contributed by atoms with Crippen LogP contribution in [0.3, 0.4) is 0 Å². The molecule has 0 aromatic carbocycles. The number of hydrogen-bond acceptors (Lipinski definition) is 5. The smallest absolute Gasteiger partial charge is 0.234 e. The molecule has 0 bridgehead atoms. The second-order valence-corrected chi connectivity index (χ2v) is 6.19. The summed E-state index contributed by atoms with van der Waals surface area (Å²) >= 11 is 1.63. The Balaban J connectivity index is 1.56. The molecule has 5 nitrogen and oxygen atoms in total. The maximum atomic E-state index is 12.2.